The van der Waals surface area contributed by atoms with E-state index in [-0.39, 0.29) is 45.5 Å². The average molecular weight is 719 g/mol. The molecule has 274 valence electrons. The molecule has 0 fully saturated rings. The molecule has 1 aliphatic heterocycles. The monoisotopic (exact) mass is 718 g/mol. The number of hydrogen-bond donors (Lipinski definition) is 3. The van der Waals surface area contributed by atoms with Crippen LogP contribution in [0.1, 0.15) is 54.7 Å². The average Bonchev–Trinajstić information content (AvgIpc) is 3.13. The Kier molecular flexibility index (Phi) is 11.3. The molecule has 0 spiro atoms. The number of rotatable bonds is 9. The fraction of sp³-hybridized carbons (Fsp3) is 0.209. The van der Waals surface area contributed by atoms with Crippen molar-refractivity contribution in [3.8, 4) is 51.4 Å². The van der Waals surface area contributed by atoms with Crippen LogP contribution in [0, 0.1) is 0 Å². The van der Waals surface area contributed by atoms with Crippen molar-refractivity contribution < 1.29 is 43.5 Å². The molecule has 10 heteroatoms. The fourth-order valence-corrected chi connectivity index (χ4v) is 5.81. The van der Waals surface area contributed by atoms with Crippen molar-refractivity contribution in [2.24, 2.45) is 0 Å². The van der Waals surface area contributed by atoms with Gasteiger partial charge in [0.05, 0.1) is 26.9 Å². The lowest BCUT2D eigenvalue weighted by molar-refractivity contribution is 0.104. The highest BCUT2D eigenvalue weighted by molar-refractivity contribution is 6.10. The third-order valence-corrected chi connectivity index (χ3v) is 8.44. The summed E-state index contributed by atoms with van der Waals surface area (Å²) in [6.07, 6.45) is 9.40. The third kappa shape index (κ3) is 8.23. The molecule has 5 aromatic rings. The van der Waals surface area contributed by atoms with Gasteiger partial charge < -0.3 is 38.7 Å². The Morgan fingerprint density at radius 1 is 0.906 bits per heavy atom. The fourth-order valence-electron chi connectivity index (χ4n) is 5.81. The van der Waals surface area contributed by atoms with Gasteiger partial charge in [0.1, 0.15) is 62.4 Å². The molecular formula is C43H42O10. The molecule has 0 bridgehead atoms. The van der Waals surface area contributed by atoms with Crippen molar-refractivity contribution in [2.45, 2.75) is 39.7 Å². The molecule has 0 amide bonds. The van der Waals surface area contributed by atoms with Gasteiger partial charge in [-0.3, -0.25) is 4.79 Å². The van der Waals surface area contributed by atoms with Crippen LogP contribution >= 0.6 is 0 Å². The Morgan fingerprint density at radius 2 is 1.60 bits per heavy atom. The van der Waals surface area contributed by atoms with E-state index in [1.54, 1.807) is 24.3 Å². The van der Waals surface area contributed by atoms with Crippen molar-refractivity contribution in [3.63, 3.8) is 0 Å². The largest absolute Gasteiger partial charge is 0.508 e. The van der Waals surface area contributed by atoms with E-state index in [9.17, 15) is 24.9 Å². The normalized spacial score (nSPS) is 12.7. The molecular weight excluding hydrogens is 676 g/mol. The summed E-state index contributed by atoms with van der Waals surface area (Å²) in [6, 6.07) is 18.4. The lowest BCUT2D eigenvalue weighted by Gasteiger charge is -2.31. The number of phenols is 2. The molecule has 1 aliphatic rings. The Morgan fingerprint density at radius 3 is 2.23 bits per heavy atom. The number of ether oxygens (including phenoxy) is 4. The van der Waals surface area contributed by atoms with Gasteiger partial charge in [-0.25, -0.2) is 4.79 Å². The highest BCUT2D eigenvalue weighted by Crippen LogP contribution is 2.49. The third-order valence-electron chi connectivity index (χ3n) is 8.44. The van der Waals surface area contributed by atoms with Crippen LogP contribution in [-0.4, -0.2) is 48.0 Å². The number of fused-ring (bicyclic) bond motifs is 3. The number of carbonyl (C=O) groups excluding carboxylic acids is 1. The quantitative estimate of drug-likeness (QED) is 0.0585. The lowest BCUT2D eigenvalue weighted by Crippen LogP contribution is -2.28. The predicted octanol–water partition coefficient (Wildman–Crippen LogP) is 8.88. The molecule has 6 rings (SSSR count). The van der Waals surface area contributed by atoms with Crippen LogP contribution in [0.5, 0.6) is 40.2 Å². The molecule has 53 heavy (non-hydrogen) atoms. The first-order chi connectivity index (χ1) is 25.3. The maximum absolute atomic E-state index is 12.9. The van der Waals surface area contributed by atoms with Gasteiger partial charge in [-0.15, -0.1) is 0 Å². The van der Waals surface area contributed by atoms with Crippen molar-refractivity contribution in [1.29, 1.82) is 0 Å². The van der Waals surface area contributed by atoms with E-state index in [1.165, 1.54) is 45.6 Å². The molecule has 0 radical (unpaired) electrons. The molecule has 0 unspecified atom stereocenters. The van der Waals surface area contributed by atoms with Crippen LogP contribution in [0.25, 0.3) is 34.2 Å². The number of allylic oxidation sites excluding steroid dienone is 3. The van der Waals surface area contributed by atoms with Gasteiger partial charge in [0.25, 0.3) is 0 Å². The van der Waals surface area contributed by atoms with Crippen molar-refractivity contribution in [3.05, 3.63) is 123 Å². The molecule has 3 N–H and O–H groups in total. The second-order valence-corrected chi connectivity index (χ2v) is 13.0. The number of phenolic OH excluding ortho intramolecular Hbond substituents is 2. The van der Waals surface area contributed by atoms with Crippen LogP contribution in [-0.2, 0) is 6.42 Å². The minimum atomic E-state index is -0.694. The Labute approximate surface area is 307 Å². The van der Waals surface area contributed by atoms with Crippen LogP contribution in [0.15, 0.2) is 99.7 Å². The summed E-state index contributed by atoms with van der Waals surface area (Å²) in [7, 11) is 4.43. The van der Waals surface area contributed by atoms with E-state index < -0.39 is 11.2 Å². The second kappa shape index (κ2) is 15.9. The Bertz CT molecular complexity index is 2290. The molecule has 0 aliphatic carbocycles. The minimum absolute atomic E-state index is 0.00458. The van der Waals surface area contributed by atoms with Crippen molar-refractivity contribution >= 4 is 28.9 Å². The molecule has 4 aromatic carbocycles. The smallest absolute Gasteiger partial charge is 0.348 e. The summed E-state index contributed by atoms with van der Waals surface area (Å²) in [6.45, 7) is 7.89. The minimum Gasteiger partial charge on any atom is -0.508 e. The van der Waals surface area contributed by atoms with E-state index in [4.69, 9.17) is 23.4 Å². The van der Waals surface area contributed by atoms with E-state index in [2.05, 4.69) is 6.08 Å². The molecule has 0 saturated carbocycles. The molecule has 2 heterocycles. The van der Waals surface area contributed by atoms with E-state index in [0.29, 0.717) is 40.2 Å². The number of carbonyl (C=O) groups is 1. The van der Waals surface area contributed by atoms with Crippen LogP contribution < -0.4 is 24.6 Å². The maximum Gasteiger partial charge on any atom is 0.348 e. The van der Waals surface area contributed by atoms with E-state index >= 15 is 0 Å². The Balaban J connectivity index is 0.000000224. The second-order valence-electron chi connectivity index (χ2n) is 13.0. The number of benzene rings is 4. The number of hydrogen-bond acceptors (Lipinski definition) is 10. The highest BCUT2D eigenvalue weighted by Gasteiger charge is 2.32. The summed E-state index contributed by atoms with van der Waals surface area (Å²) in [5.41, 5.74) is 2.87. The number of methoxy groups -OCH3 is 3. The first-order valence-corrected chi connectivity index (χ1v) is 16.7. The molecule has 1 aromatic heterocycles. The summed E-state index contributed by atoms with van der Waals surface area (Å²) < 4.78 is 28.0. The van der Waals surface area contributed by atoms with Gasteiger partial charge in [0, 0.05) is 17.7 Å². The molecule has 0 atom stereocenters. The van der Waals surface area contributed by atoms with Gasteiger partial charge in [0.15, 0.2) is 11.4 Å². The summed E-state index contributed by atoms with van der Waals surface area (Å²) >= 11 is 0. The standard InChI is InChI=1S/C26H26O6.C17H16O4/c1-14(2)6-11-17-22-18(12-13-26(3,4)32-22)24-20(23(17)30-5)21(28)19(25(29)31-24)15-7-9-16(27)10-8-15;1-20-13-10-15(19)17(16(11-13)21-2)14(18)9-8-12-6-4-3-5-7-12/h6-10,12-13,27-28H,11H2,1-5H3;3-11,19H,1-2H3. The van der Waals surface area contributed by atoms with Gasteiger partial charge in [-0.05, 0) is 75.6 Å². The Hall–Kier alpha value is -6.42. The SMILES string of the molecule is COc1c(CC=C(C)C)c2c(c3oc(=O)c(-c4ccc(O)cc4)c(O)c13)C=CC(C)(C)O2.COc1cc(O)c(C(=O)C=Cc2ccccc2)c(OC)c1. The van der Waals surface area contributed by atoms with E-state index in [1.807, 2.05) is 70.2 Å². The first-order valence-electron chi connectivity index (χ1n) is 16.7. The van der Waals surface area contributed by atoms with Gasteiger partial charge in [-0.1, -0.05) is 60.2 Å². The summed E-state index contributed by atoms with van der Waals surface area (Å²) in [5.74, 6) is 0.965. The number of aromatic hydroxyl groups is 3. The van der Waals surface area contributed by atoms with Gasteiger partial charge in [-0.2, -0.15) is 0 Å². The van der Waals surface area contributed by atoms with Crippen LogP contribution in [0.2, 0.25) is 0 Å². The topological polar surface area (TPSA) is 145 Å². The predicted molar refractivity (Wildman–Crippen MR) is 206 cm³/mol. The zero-order valence-electron chi connectivity index (χ0n) is 30.6. The molecule has 10 nitrogen and oxygen atoms in total. The van der Waals surface area contributed by atoms with Gasteiger partial charge >= 0.3 is 5.63 Å². The molecule has 0 saturated heterocycles. The number of ketones is 1. The zero-order valence-corrected chi connectivity index (χ0v) is 30.6. The summed E-state index contributed by atoms with van der Waals surface area (Å²) in [4.78, 5) is 25.2. The zero-order chi connectivity index (χ0) is 38.4. The van der Waals surface area contributed by atoms with E-state index in [0.717, 1.165) is 16.7 Å². The van der Waals surface area contributed by atoms with Crippen molar-refractivity contribution in [1.82, 2.24) is 0 Å². The highest BCUT2D eigenvalue weighted by atomic mass is 16.5. The lowest BCUT2D eigenvalue weighted by atomic mass is 9.93. The summed E-state index contributed by atoms with van der Waals surface area (Å²) in [5, 5.41) is 31.2. The maximum atomic E-state index is 12.9. The van der Waals surface area contributed by atoms with Crippen LogP contribution in [0.3, 0.4) is 0 Å². The van der Waals surface area contributed by atoms with Crippen LogP contribution in [0.4, 0.5) is 0 Å². The van der Waals surface area contributed by atoms with Crippen molar-refractivity contribution in [2.75, 3.05) is 21.3 Å². The van der Waals surface area contributed by atoms with Gasteiger partial charge in [0.2, 0.25) is 0 Å². The first kappa shape index (κ1) is 37.8.